The highest BCUT2D eigenvalue weighted by molar-refractivity contribution is 6.55. The van der Waals surface area contributed by atoms with E-state index in [0.717, 1.165) is 18.5 Å². The van der Waals surface area contributed by atoms with Crippen LogP contribution in [0, 0.1) is 0 Å². The van der Waals surface area contributed by atoms with Crippen LogP contribution in [0.25, 0.3) is 5.57 Å². The van der Waals surface area contributed by atoms with Gasteiger partial charge in [0.25, 0.3) is 0 Å². The first-order valence-corrected chi connectivity index (χ1v) is 7.53. The second-order valence-electron chi connectivity index (χ2n) is 6.63. The van der Waals surface area contributed by atoms with Crippen LogP contribution < -0.4 is 0 Å². The molecule has 0 radical (unpaired) electrons. The Bertz CT molecular complexity index is 577. The first-order chi connectivity index (χ1) is 10.2. The SMILES string of the molecule is C=CCCn1cc(C(C)=C(F)B2OC(C)(C)C(C)(C)O2)cn1. The highest BCUT2D eigenvalue weighted by Crippen LogP contribution is 2.40. The van der Waals surface area contributed by atoms with E-state index in [2.05, 4.69) is 11.7 Å². The fourth-order valence-electron chi connectivity index (χ4n) is 2.16. The molecule has 2 heterocycles. The topological polar surface area (TPSA) is 36.3 Å². The number of hydrogen-bond acceptors (Lipinski definition) is 3. The maximum Gasteiger partial charge on any atom is 0.525 e. The molecule has 6 heteroatoms. The average Bonchev–Trinajstić information content (AvgIpc) is 2.98. The Balaban J connectivity index is 2.19. The third kappa shape index (κ3) is 3.18. The number of hydrogen-bond donors (Lipinski definition) is 0. The van der Waals surface area contributed by atoms with Gasteiger partial charge in [-0.05, 0) is 46.6 Å². The first kappa shape index (κ1) is 17.0. The Morgan fingerprint density at radius 2 is 1.95 bits per heavy atom. The van der Waals surface area contributed by atoms with Gasteiger partial charge in [-0.2, -0.15) is 5.10 Å². The average molecular weight is 306 g/mol. The Morgan fingerprint density at radius 1 is 1.36 bits per heavy atom. The van der Waals surface area contributed by atoms with E-state index in [0.29, 0.717) is 5.57 Å². The van der Waals surface area contributed by atoms with Crippen molar-refractivity contribution in [1.29, 1.82) is 0 Å². The van der Waals surface area contributed by atoms with Crippen LogP contribution in [0.5, 0.6) is 0 Å². The molecule has 0 aliphatic carbocycles. The Hall–Kier alpha value is -1.40. The van der Waals surface area contributed by atoms with Crippen molar-refractivity contribution >= 4 is 12.7 Å². The maximum absolute atomic E-state index is 14.7. The van der Waals surface area contributed by atoms with Crippen LogP contribution in [0.4, 0.5) is 4.39 Å². The van der Waals surface area contributed by atoms with E-state index in [4.69, 9.17) is 9.31 Å². The van der Waals surface area contributed by atoms with Crippen LogP contribution >= 0.6 is 0 Å². The van der Waals surface area contributed by atoms with Gasteiger partial charge in [0, 0.05) is 18.3 Å². The molecule has 0 atom stereocenters. The fourth-order valence-corrected chi connectivity index (χ4v) is 2.16. The lowest BCUT2D eigenvalue weighted by molar-refractivity contribution is 0.00578. The minimum Gasteiger partial charge on any atom is -0.398 e. The minimum atomic E-state index is -0.971. The van der Waals surface area contributed by atoms with Gasteiger partial charge < -0.3 is 9.31 Å². The number of allylic oxidation sites excluding steroid dienone is 2. The van der Waals surface area contributed by atoms with Crippen molar-refractivity contribution in [2.24, 2.45) is 0 Å². The molecular weight excluding hydrogens is 282 g/mol. The molecule has 0 amide bonds. The van der Waals surface area contributed by atoms with Gasteiger partial charge in [-0.3, -0.25) is 4.68 Å². The second kappa shape index (κ2) is 6.01. The number of nitrogens with zero attached hydrogens (tertiary/aromatic N) is 2. The summed E-state index contributed by atoms with van der Waals surface area (Å²) in [4.78, 5) is 0. The zero-order chi connectivity index (χ0) is 16.5. The van der Waals surface area contributed by atoms with Gasteiger partial charge in [0.1, 0.15) is 5.73 Å². The van der Waals surface area contributed by atoms with Crippen molar-refractivity contribution < 1.29 is 13.7 Å². The number of halogens is 1. The van der Waals surface area contributed by atoms with Gasteiger partial charge in [-0.15, -0.1) is 6.58 Å². The highest BCUT2D eigenvalue weighted by atomic mass is 19.1. The van der Waals surface area contributed by atoms with E-state index >= 15 is 0 Å². The third-order valence-corrected chi connectivity index (χ3v) is 4.45. The van der Waals surface area contributed by atoms with E-state index in [1.165, 1.54) is 0 Å². The van der Waals surface area contributed by atoms with Crippen molar-refractivity contribution in [3.63, 3.8) is 0 Å². The zero-order valence-electron chi connectivity index (χ0n) is 14.0. The first-order valence-electron chi connectivity index (χ1n) is 7.53. The van der Waals surface area contributed by atoms with Gasteiger partial charge in [0.15, 0.2) is 0 Å². The summed E-state index contributed by atoms with van der Waals surface area (Å²) in [6.07, 6.45) is 6.13. The van der Waals surface area contributed by atoms with Crippen molar-refractivity contribution in [1.82, 2.24) is 9.78 Å². The lowest BCUT2D eigenvalue weighted by atomic mass is 9.84. The van der Waals surface area contributed by atoms with Crippen molar-refractivity contribution in [2.75, 3.05) is 0 Å². The van der Waals surface area contributed by atoms with Crippen LogP contribution in [0.15, 0.2) is 30.8 Å². The molecule has 1 aliphatic rings. The molecule has 0 N–H and O–H groups in total. The molecule has 1 aromatic rings. The quantitative estimate of drug-likeness (QED) is 0.613. The molecule has 0 saturated carbocycles. The number of aryl methyl sites for hydroxylation is 1. The molecule has 0 bridgehead atoms. The summed E-state index contributed by atoms with van der Waals surface area (Å²) in [6.45, 7) is 13.8. The predicted octanol–water partition coefficient (Wildman–Crippen LogP) is 3.79. The van der Waals surface area contributed by atoms with E-state index in [1.807, 2.05) is 40.0 Å². The molecule has 1 fully saturated rings. The molecule has 0 aromatic carbocycles. The Morgan fingerprint density at radius 3 is 2.50 bits per heavy atom. The third-order valence-electron chi connectivity index (χ3n) is 4.45. The van der Waals surface area contributed by atoms with Crippen LogP contribution in [0.2, 0.25) is 0 Å². The molecule has 22 heavy (non-hydrogen) atoms. The van der Waals surface area contributed by atoms with Gasteiger partial charge in [-0.1, -0.05) is 6.08 Å². The molecule has 1 aliphatic heterocycles. The van der Waals surface area contributed by atoms with Crippen LogP contribution in [0.1, 0.15) is 46.6 Å². The van der Waals surface area contributed by atoms with Crippen LogP contribution in [-0.4, -0.2) is 28.1 Å². The molecule has 4 nitrogen and oxygen atoms in total. The lowest BCUT2D eigenvalue weighted by Gasteiger charge is -2.32. The van der Waals surface area contributed by atoms with E-state index in [1.54, 1.807) is 17.8 Å². The summed E-state index contributed by atoms with van der Waals surface area (Å²) in [6, 6.07) is 0. The second-order valence-corrected chi connectivity index (χ2v) is 6.63. The summed E-state index contributed by atoms with van der Waals surface area (Å²) in [5.41, 5.74) is -0.283. The summed E-state index contributed by atoms with van der Waals surface area (Å²) in [5, 5.41) is 4.23. The maximum atomic E-state index is 14.7. The lowest BCUT2D eigenvalue weighted by Crippen LogP contribution is -2.41. The normalized spacial score (nSPS) is 20.9. The Kier molecular flexibility index (Phi) is 4.63. The standard InChI is InChI=1S/C16H24BFN2O2/c1-7-8-9-20-11-13(10-19-20)12(2)14(18)17-21-15(3,4)16(5,6)22-17/h7,10-11H,1,8-9H2,2-6H3. The van der Waals surface area contributed by atoms with Gasteiger partial charge in [0.05, 0.1) is 17.4 Å². The van der Waals surface area contributed by atoms with Crippen LogP contribution in [0.3, 0.4) is 0 Å². The number of aromatic nitrogens is 2. The van der Waals surface area contributed by atoms with Gasteiger partial charge in [-0.25, -0.2) is 4.39 Å². The molecule has 0 unspecified atom stereocenters. The van der Waals surface area contributed by atoms with Gasteiger partial charge in [0.2, 0.25) is 0 Å². The molecule has 2 rings (SSSR count). The molecule has 1 saturated heterocycles. The van der Waals surface area contributed by atoms with Crippen molar-refractivity contribution in [3.05, 3.63) is 36.3 Å². The fraction of sp³-hybridized carbons (Fsp3) is 0.562. The Labute approximate surface area is 132 Å². The molecular formula is C16H24BFN2O2. The summed E-state index contributed by atoms with van der Waals surface area (Å²) < 4.78 is 28.0. The van der Waals surface area contributed by atoms with Crippen molar-refractivity contribution in [2.45, 2.75) is 58.8 Å². The number of rotatable bonds is 5. The van der Waals surface area contributed by atoms with Crippen LogP contribution in [-0.2, 0) is 15.9 Å². The minimum absolute atomic E-state index is 0.401. The van der Waals surface area contributed by atoms with E-state index in [9.17, 15) is 4.39 Å². The summed E-state index contributed by atoms with van der Waals surface area (Å²) in [5.74, 6) is 0. The molecule has 120 valence electrons. The smallest absolute Gasteiger partial charge is 0.398 e. The summed E-state index contributed by atoms with van der Waals surface area (Å²) in [7, 11) is -0.971. The molecule has 1 aromatic heterocycles. The summed E-state index contributed by atoms with van der Waals surface area (Å²) >= 11 is 0. The van der Waals surface area contributed by atoms with E-state index in [-0.39, 0.29) is 0 Å². The van der Waals surface area contributed by atoms with Crippen molar-refractivity contribution in [3.8, 4) is 0 Å². The monoisotopic (exact) mass is 306 g/mol. The zero-order valence-corrected chi connectivity index (χ0v) is 14.0. The van der Waals surface area contributed by atoms with Gasteiger partial charge >= 0.3 is 7.12 Å². The van der Waals surface area contributed by atoms with E-state index < -0.39 is 24.0 Å². The highest BCUT2D eigenvalue weighted by Gasteiger charge is 2.53. The largest absolute Gasteiger partial charge is 0.525 e. The molecule has 0 spiro atoms. The predicted molar refractivity (Wildman–Crippen MR) is 86.8 cm³/mol.